The Kier molecular flexibility index (Phi) is 3.96. The molecule has 0 radical (unpaired) electrons. The summed E-state index contributed by atoms with van der Waals surface area (Å²) in [5, 5.41) is 9.58. The number of hydrogen-bond donors (Lipinski definition) is 1. The van der Waals surface area contributed by atoms with Crippen molar-refractivity contribution in [3.8, 4) is 28.5 Å². The lowest BCUT2D eigenvalue weighted by atomic mass is 9.98. The molecule has 0 atom stereocenters. The average molecular weight is 324 g/mol. The third-order valence-corrected chi connectivity index (χ3v) is 3.78. The molecular weight excluding hydrogens is 313 g/mol. The second-order valence-electron chi connectivity index (χ2n) is 4.89. The summed E-state index contributed by atoms with van der Waals surface area (Å²) >= 11 is 6.13. The van der Waals surface area contributed by atoms with Gasteiger partial charge in [0, 0.05) is 16.7 Å². The molecule has 0 saturated carbocycles. The summed E-state index contributed by atoms with van der Waals surface area (Å²) in [5.74, 6) is -0.471. The molecule has 0 bridgehead atoms. The minimum absolute atomic E-state index is 0.0446. The van der Waals surface area contributed by atoms with E-state index in [2.05, 4.69) is 4.98 Å². The summed E-state index contributed by atoms with van der Waals surface area (Å²) in [6, 6.07) is 17.3. The van der Waals surface area contributed by atoms with Crippen LogP contribution in [0, 0.1) is 17.1 Å². The predicted molar refractivity (Wildman–Crippen MR) is 89.2 cm³/mol. The Morgan fingerprint density at radius 2 is 1.83 bits per heavy atom. The number of aromatic nitrogens is 1. The Balaban J connectivity index is 2.32. The van der Waals surface area contributed by atoms with Crippen molar-refractivity contribution in [2.45, 2.75) is 0 Å². The minimum atomic E-state index is -0.515. The van der Waals surface area contributed by atoms with Crippen LogP contribution in [-0.4, -0.2) is 4.98 Å². The van der Waals surface area contributed by atoms with E-state index in [1.165, 1.54) is 12.1 Å². The van der Waals surface area contributed by atoms with Gasteiger partial charge in [0.15, 0.2) is 0 Å². The summed E-state index contributed by atoms with van der Waals surface area (Å²) < 4.78 is 14.3. The summed E-state index contributed by atoms with van der Waals surface area (Å²) in [6.45, 7) is 0. The summed E-state index contributed by atoms with van der Waals surface area (Å²) in [7, 11) is 0. The van der Waals surface area contributed by atoms with Crippen LogP contribution in [0.25, 0.3) is 22.4 Å². The SMILES string of the molecule is N#Cc1c(-c2c(F)cccc2Cl)cc(-c2ccccc2)nc1N. The lowest BCUT2D eigenvalue weighted by Gasteiger charge is -2.12. The summed E-state index contributed by atoms with van der Waals surface area (Å²) in [4.78, 5) is 4.25. The van der Waals surface area contributed by atoms with Gasteiger partial charge < -0.3 is 5.73 Å². The third-order valence-electron chi connectivity index (χ3n) is 3.46. The number of hydrogen-bond acceptors (Lipinski definition) is 3. The lowest BCUT2D eigenvalue weighted by Crippen LogP contribution is -2.01. The molecule has 2 aromatic carbocycles. The molecule has 0 fully saturated rings. The normalized spacial score (nSPS) is 10.3. The fourth-order valence-electron chi connectivity index (χ4n) is 2.39. The molecule has 2 N–H and O–H groups in total. The van der Waals surface area contributed by atoms with Crippen LogP contribution in [0.1, 0.15) is 5.56 Å². The van der Waals surface area contributed by atoms with Gasteiger partial charge in [0.2, 0.25) is 0 Å². The molecule has 0 aliphatic heterocycles. The van der Waals surface area contributed by atoms with Crippen molar-refractivity contribution in [1.29, 1.82) is 5.26 Å². The van der Waals surface area contributed by atoms with Crippen LogP contribution in [0.4, 0.5) is 10.2 Å². The second kappa shape index (κ2) is 6.07. The first kappa shape index (κ1) is 15.0. The van der Waals surface area contributed by atoms with Crippen molar-refractivity contribution >= 4 is 17.4 Å². The first-order valence-corrected chi connectivity index (χ1v) is 7.20. The lowest BCUT2D eigenvalue weighted by molar-refractivity contribution is 0.631. The Morgan fingerprint density at radius 3 is 2.48 bits per heavy atom. The molecule has 3 aromatic rings. The maximum atomic E-state index is 14.3. The number of anilines is 1. The van der Waals surface area contributed by atoms with Crippen molar-refractivity contribution in [2.24, 2.45) is 0 Å². The van der Waals surface area contributed by atoms with Crippen molar-refractivity contribution in [1.82, 2.24) is 4.98 Å². The second-order valence-corrected chi connectivity index (χ2v) is 5.30. The van der Waals surface area contributed by atoms with Crippen LogP contribution in [-0.2, 0) is 0 Å². The van der Waals surface area contributed by atoms with E-state index in [-0.39, 0.29) is 22.0 Å². The van der Waals surface area contributed by atoms with Crippen LogP contribution >= 0.6 is 11.6 Å². The van der Waals surface area contributed by atoms with Gasteiger partial charge >= 0.3 is 0 Å². The number of nitrogens with zero attached hydrogens (tertiary/aromatic N) is 2. The number of nitrogen functional groups attached to an aromatic ring is 1. The maximum Gasteiger partial charge on any atom is 0.142 e. The monoisotopic (exact) mass is 323 g/mol. The highest BCUT2D eigenvalue weighted by Gasteiger charge is 2.18. The zero-order valence-corrected chi connectivity index (χ0v) is 12.7. The van der Waals surface area contributed by atoms with Crippen molar-refractivity contribution in [3.05, 3.63) is 71.0 Å². The highest BCUT2D eigenvalue weighted by molar-refractivity contribution is 6.33. The fourth-order valence-corrected chi connectivity index (χ4v) is 2.66. The molecule has 3 rings (SSSR count). The molecule has 3 nitrogen and oxygen atoms in total. The van der Waals surface area contributed by atoms with E-state index in [9.17, 15) is 9.65 Å². The van der Waals surface area contributed by atoms with E-state index in [0.717, 1.165) is 5.56 Å². The van der Waals surface area contributed by atoms with Crippen molar-refractivity contribution in [2.75, 3.05) is 5.73 Å². The predicted octanol–water partition coefficient (Wildman–Crippen LogP) is 4.66. The number of benzene rings is 2. The maximum absolute atomic E-state index is 14.3. The first-order chi connectivity index (χ1) is 11.1. The number of nitriles is 1. The van der Waals surface area contributed by atoms with E-state index < -0.39 is 5.82 Å². The Labute approximate surface area is 137 Å². The Morgan fingerprint density at radius 1 is 1.09 bits per heavy atom. The number of nitrogens with two attached hydrogens (primary N) is 1. The molecule has 1 heterocycles. The standard InChI is InChI=1S/C18H11ClFN3/c19-14-7-4-8-15(20)17(14)12-9-16(11-5-2-1-3-6-11)23-18(22)13(12)10-21/h1-9H,(H2,22,23). The molecule has 1 aromatic heterocycles. The zero-order chi connectivity index (χ0) is 16.4. The molecule has 0 unspecified atom stereocenters. The number of rotatable bonds is 2. The van der Waals surface area contributed by atoms with Gasteiger partial charge in [0.25, 0.3) is 0 Å². The van der Waals surface area contributed by atoms with Gasteiger partial charge in [0.1, 0.15) is 23.3 Å². The summed E-state index contributed by atoms with van der Waals surface area (Å²) in [5.41, 5.74) is 7.87. The van der Waals surface area contributed by atoms with Gasteiger partial charge in [-0.2, -0.15) is 5.26 Å². The first-order valence-electron chi connectivity index (χ1n) is 6.82. The van der Waals surface area contributed by atoms with Gasteiger partial charge in [-0.3, -0.25) is 0 Å². The van der Waals surface area contributed by atoms with E-state index in [0.29, 0.717) is 11.3 Å². The molecule has 0 spiro atoms. The largest absolute Gasteiger partial charge is 0.383 e. The average Bonchev–Trinajstić information content (AvgIpc) is 2.55. The molecule has 0 amide bonds. The minimum Gasteiger partial charge on any atom is -0.383 e. The molecule has 5 heteroatoms. The fraction of sp³-hybridized carbons (Fsp3) is 0. The zero-order valence-electron chi connectivity index (χ0n) is 11.9. The van der Waals surface area contributed by atoms with E-state index in [1.54, 1.807) is 12.1 Å². The molecule has 0 saturated heterocycles. The number of pyridine rings is 1. The van der Waals surface area contributed by atoms with Crippen LogP contribution in [0.15, 0.2) is 54.6 Å². The quantitative estimate of drug-likeness (QED) is 0.746. The molecule has 23 heavy (non-hydrogen) atoms. The molecular formula is C18H11ClFN3. The topological polar surface area (TPSA) is 62.7 Å². The third kappa shape index (κ3) is 2.75. The highest BCUT2D eigenvalue weighted by atomic mass is 35.5. The molecule has 0 aliphatic carbocycles. The Hall–Kier alpha value is -2.90. The van der Waals surface area contributed by atoms with Crippen molar-refractivity contribution in [3.63, 3.8) is 0 Å². The van der Waals surface area contributed by atoms with Crippen molar-refractivity contribution < 1.29 is 4.39 Å². The van der Waals surface area contributed by atoms with Crippen LogP contribution in [0.5, 0.6) is 0 Å². The van der Waals surface area contributed by atoms with Crippen LogP contribution in [0.3, 0.4) is 0 Å². The van der Waals surface area contributed by atoms with Gasteiger partial charge in [0.05, 0.1) is 10.7 Å². The van der Waals surface area contributed by atoms with Gasteiger partial charge in [-0.1, -0.05) is 48.0 Å². The van der Waals surface area contributed by atoms with Crippen LogP contribution in [0.2, 0.25) is 5.02 Å². The molecule has 112 valence electrons. The van der Waals surface area contributed by atoms with Crippen LogP contribution < -0.4 is 5.73 Å². The highest BCUT2D eigenvalue weighted by Crippen LogP contribution is 2.36. The van der Waals surface area contributed by atoms with Gasteiger partial charge in [-0.25, -0.2) is 9.37 Å². The summed E-state index contributed by atoms with van der Waals surface area (Å²) in [6.07, 6.45) is 0. The number of halogens is 2. The van der Waals surface area contributed by atoms with E-state index in [1.807, 2.05) is 36.4 Å². The Bertz CT molecular complexity index is 897. The van der Waals surface area contributed by atoms with Gasteiger partial charge in [-0.15, -0.1) is 0 Å². The smallest absolute Gasteiger partial charge is 0.142 e. The molecule has 0 aliphatic rings. The van der Waals surface area contributed by atoms with E-state index >= 15 is 0 Å². The van der Waals surface area contributed by atoms with E-state index in [4.69, 9.17) is 17.3 Å². The van der Waals surface area contributed by atoms with Gasteiger partial charge in [-0.05, 0) is 18.2 Å².